The van der Waals surface area contributed by atoms with Crippen LogP contribution in [0.15, 0.2) is 31.0 Å². The summed E-state index contributed by atoms with van der Waals surface area (Å²) in [5.74, 6) is 0.440. The Morgan fingerprint density at radius 1 is 1.14 bits per heavy atom. The number of hydrogen-bond acceptors (Lipinski definition) is 8. The zero-order valence-electron chi connectivity index (χ0n) is 20.4. The average molecular weight is 508 g/mol. The molecule has 2 atom stereocenters. The van der Waals surface area contributed by atoms with Gasteiger partial charge in [-0.05, 0) is 40.5 Å². The molecule has 0 aromatic carbocycles. The molecule has 3 aromatic rings. The van der Waals surface area contributed by atoms with Crippen LogP contribution in [0.25, 0.3) is 17.0 Å². The molecule has 2 unspecified atom stereocenters. The molecule has 0 radical (unpaired) electrons. The summed E-state index contributed by atoms with van der Waals surface area (Å²) in [4.78, 5) is 30.8. The lowest BCUT2D eigenvalue weighted by Crippen LogP contribution is -2.47. The molecule has 4 heterocycles. The van der Waals surface area contributed by atoms with Gasteiger partial charge < -0.3 is 20.1 Å². The van der Waals surface area contributed by atoms with Gasteiger partial charge in [-0.1, -0.05) is 0 Å². The van der Waals surface area contributed by atoms with E-state index in [9.17, 15) is 23.1 Å². The van der Waals surface area contributed by atoms with Crippen molar-refractivity contribution in [2.24, 2.45) is 0 Å². The molecule has 1 aliphatic rings. The normalized spacial score (nSPS) is 18.7. The number of likely N-dealkylation sites (tertiary alicyclic amines) is 1. The maximum atomic E-state index is 13.3. The number of halogens is 3. The van der Waals surface area contributed by atoms with E-state index in [0.29, 0.717) is 37.2 Å². The molecule has 1 aliphatic heterocycles. The standard InChI is InChI=1S/C23H28F3N7O3/c1-21(2,3)36-20(34)32-7-5-6-14(12-32)30-18-10-27-8-15(31-18)16-9-29-19-11-28-17(13-33(16)19)22(4,35)23(24,25)26/h8-11,13-14,35H,5-7,12H2,1-4H3,(H,30,31). The Kier molecular flexibility index (Phi) is 6.54. The Bertz CT molecular complexity index is 1250. The number of piperidine rings is 1. The Morgan fingerprint density at radius 3 is 2.58 bits per heavy atom. The van der Waals surface area contributed by atoms with E-state index in [1.165, 1.54) is 23.0 Å². The van der Waals surface area contributed by atoms with Crippen molar-refractivity contribution in [1.29, 1.82) is 0 Å². The van der Waals surface area contributed by atoms with Crippen LogP contribution in [0.1, 0.15) is 46.2 Å². The van der Waals surface area contributed by atoms with Crippen LogP contribution < -0.4 is 5.32 Å². The zero-order chi connectivity index (χ0) is 26.3. The first kappa shape index (κ1) is 25.6. The quantitative estimate of drug-likeness (QED) is 0.548. The van der Waals surface area contributed by atoms with Gasteiger partial charge in [0.15, 0.2) is 5.65 Å². The number of fused-ring (bicyclic) bond motifs is 1. The Morgan fingerprint density at radius 2 is 1.89 bits per heavy atom. The van der Waals surface area contributed by atoms with Crippen LogP contribution in [0.3, 0.4) is 0 Å². The molecule has 194 valence electrons. The molecule has 0 saturated carbocycles. The van der Waals surface area contributed by atoms with Crippen molar-refractivity contribution < 1.29 is 27.8 Å². The number of anilines is 1. The number of imidazole rings is 1. The highest BCUT2D eigenvalue weighted by Crippen LogP contribution is 2.37. The van der Waals surface area contributed by atoms with Crippen molar-refractivity contribution in [1.82, 2.24) is 29.2 Å². The molecule has 0 spiro atoms. The SMILES string of the molecule is CC(C)(C)OC(=O)N1CCCC(Nc2cncc(-c3cnc4cnc(C(C)(O)C(F)(F)F)cn34)n2)C1. The molecule has 36 heavy (non-hydrogen) atoms. The van der Waals surface area contributed by atoms with E-state index in [0.717, 1.165) is 25.2 Å². The third-order valence-electron chi connectivity index (χ3n) is 5.77. The van der Waals surface area contributed by atoms with E-state index in [2.05, 4.69) is 25.3 Å². The van der Waals surface area contributed by atoms with Gasteiger partial charge in [0.05, 0.1) is 36.2 Å². The molecular formula is C23H28F3N7O3. The lowest BCUT2D eigenvalue weighted by Gasteiger charge is -2.34. The van der Waals surface area contributed by atoms with Gasteiger partial charge >= 0.3 is 12.3 Å². The van der Waals surface area contributed by atoms with Gasteiger partial charge in [0.1, 0.15) is 17.1 Å². The van der Waals surface area contributed by atoms with Gasteiger partial charge in [0.2, 0.25) is 5.60 Å². The van der Waals surface area contributed by atoms with Crippen molar-refractivity contribution in [3.8, 4) is 11.4 Å². The second kappa shape index (κ2) is 9.19. The van der Waals surface area contributed by atoms with E-state index in [4.69, 9.17) is 4.74 Å². The fourth-order valence-corrected chi connectivity index (χ4v) is 3.83. The molecule has 3 aromatic heterocycles. The molecule has 10 nitrogen and oxygen atoms in total. The summed E-state index contributed by atoms with van der Waals surface area (Å²) in [6.07, 6.45) is 2.99. The summed E-state index contributed by atoms with van der Waals surface area (Å²) >= 11 is 0. The third-order valence-corrected chi connectivity index (χ3v) is 5.77. The number of hydrogen-bond donors (Lipinski definition) is 2. The Hall–Kier alpha value is -3.48. The summed E-state index contributed by atoms with van der Waals surface area (Å²) < 4.78 is 46.8. The number of alkyl halides is 3. The first-order valence-corrected chi connectivity index (χ1v) is 11.4. The maximum Gasteiger partial charge on any atom is 0.422 e. The number of nitrogens with one attached hydrogen (secondary N) is 1. The van der Waals surface area contributed by atoms with Gasteiger partial charge in [-0.2, -0.15) is 13.2 Å². The molecule has 1 fully saturated rings. The van der Waals surface area contributed by atoms with Crippen LogP contribution in [-0.4, -0.2) is 71.3 Å². The molecule has 0 bridgehead atoms. The number of rotatable bonds is 4. The van der Waals surface area contributed by atoms with Gasteiger partial charge in [0.25, 0.3) is 0 Å². The monoisotopic (exact) mass is 507 g/mol. The predicted molar refractivity (Wildman–Crippen MR) is 124 cm³/mol. The number of nitrogens with zero attached hydrogens (tertiary/aromatic N) is 6. The second-order valence-corrected chi connectivity index (χ2v) is 9.91. The van der Waals surface area contributed by atoms with Gasteiger partial charge in [-0.3, -0.25) is 14.4 Å². The molecule has 2 N–H and O–H groups in total. The minimum atomic E-state index is -4.91. The highest BCUT2D eigenvalue weighted by Gasteiger charge is 2.52. The molecule has 4 rings (SSSR count). The van der Waals surface area contributed by atoms with Crippen LogP contribution >= 0.6 is 0 Å². The second-order valence-electron chi connectivity index (χ2n) is 9.91. The molecule has 13 heteroatoms. The third kappa shape index (κ3) is 5.35. The summed E-state index contributed by atoms with van der Waals surface area (Å²) in [5, 5.41) is 13.3. The van der Waals surface area contributed by atoms with E-state index in [-0.39, 0.29) is 17.8 Å². The van der Waals surface area contributed by atoms with Crippen LogP contribution in [0, 0.1) is 0 Å². The number of amides is 1. The van der Waals surface area contributed by atoms with Crippen molar-refractivity contribution >= 4 is 17.6 Å². The first-order valence-electron chi connectivity index (χ1n) is 11.4. The predicted octanol–water partition coefficient (Wildman–Crippen LogP) is 3.77. The number of carbonyl (C=O) groups is 1. The van der Waals surface area contributed by atoms with E-state index >= 15 is 0 Å². The average Bonchev–Trinajstić information content (AvgIpc) is 3.21. The van der Waals surface area contributed by atoms with Gasteiger partial charge in [-0.15, -0.1) is 0 Å². The first-order chi connectivity index (χ1) is 16.7. The minimum absolute atomic E-state index is 0.0873. The van der Waals surface area contributed by atoms with Crippen molar-refractivity contribution in [3.63, 3.8) is 0 Å². The fourth-order valence-electron chi connectivity index (χ4n) is 3.83. The summed E-state index contributed by atoms with van der Waals surface area (Å²) in [6, 6.07) is -0.0873. The lowest BCUT2D eigenvalue weighted by molar-refractivity contribution is -0.260. The fraction of sp³-hybridized carbons (Fsp3) is 0.522. The van der Waals surface area contributed by atoms with Crippen LogP contribution in [-0.2, 0) is 10.3 Å². The summed E-state index contributed by atoms with van der Waals surface area (Å²) in [7, 11) is 0. The zero-order valence-corrected chi connectivity index (χ0v) is 20.4. The van der Waals surface area contributed by atoms with E-state index in [1.807, 2.05) is 20.8 Å². The van der Waals surface area contributed by atoms with E-state index in [1.54, 1.807) is 4.90 Å². The highest BCUT2D eigenvalue weighted by molar-refractivity contribution is 5.68. The van der Waals surface area contributed by atoms with Gasteiger partial charge in [0, 0.05) is 25.3 Å². The van der Waals surface area contributed by atoms with Crippen molar-refractivity contribution in [3.05, 3.63) is 36.7 Å². The molecular weight excluding hydrogens is 479 g/mol. The maximum absolute atomic E-state index is 13.3. The number of ether oxygens (including phenoxy) is 1. The van der Waals surface area contributed by atoms with Crippen molar-refractivity contribution in [2.75, 3.05) is 18.4 Å². The number of aromatic nitrogens is 5. The summed E-state index contributed by atoms with van der Waals surface area (Å²) in [6.45, 7) is 7.11. The van der Waals surface area contributed by atoms with Crippen LogP contribution in [0.4, 0.5) is 23.8 Å². The van der Waals surface area contributed by atoms with Crippen LogP contribution in [0.2, 0.25) is 0 Å². The van der Waals surface area contributed by atoms with Crippen LogP contribution in [0.5, 0.6) is 0 Å². The topological polar surface area (TPSA) is 118 Å². The largest absolute Gasteiger partial charge is 0.444 e. The molecule has 1 amide bonds. The number of carbonyl (C=O) groups excluding carboxylic acids is 1. The Labute approximate surface area is 205 Å². The highest BCUT2D eigenvalue weighted by atomic mass is 19.4. The lowest BCUT2D eigenvalue weighted by atomic mass is 10.0. The smallest absolute Gasteiger partial charge is 0.422 e. The minimum Gasteiger partial charge on any atom is -0.444 e. The van der Waals surface area contributed by atoms with Gasteiger partial charge in [-0.25, -0.2) is 14.8 Å². The molecule has 0 aliphatic carbocycles. The van der Waals surface area contributed by atoms with Crippen molar-refractivity contribution in [2.45, 2.75) is 64.0 Å². The molecule has 1 saturated heterocycles. The summed E-state index contributed by atoms with van der Waals surface area (Å²) in [5.41, 5.74) is -3.29. The number of aliphatic hydroxyl groups is 1. The Balaban J connectivity index is 1.55. The van der Waals surface area contributed by atoms with E-state index < -0.39 is 23.1 Å².